The molecule has 4 heteroatoms. The maximum atomic E-state index is 11.2. The van der Waals surface area contributed by atoms with Crippen molar-refractivity contribution in [3.05, 3.63) is 0 Å². The average Bonchev–Trinajstić information content (AvgIpc) is 2.16. The van der Waals surface area contributed by atoms with Crippen LogP contribution in [0.4, 0.5) is 0 Å². The number of hydrogen-bond donors (Lipinski definition) is 0. The maximum absolute atomic E-state index is 11.2. The number of esters is 2. The van der Waals surface area contributed by atoms with E-state index in [1.807, 2.05) is 6.92 Å². The van der Waals surface area contributed by atoms with Crippen molar-refractivity contribution in [2.24, 2.45) is 5.41 Å². The SMILES string of the molecule is CCCC(C)(CCC)C1OC(=O)CC(=O)O1. The summed E-state index contributed by atoms with van der Waals surface area (Å²) in [6.45, 7) is 6.15. The Hall–Kier alpha value is -1.06. The van der Waals surface area contributed by atoms with Gasteiger partial charge in [0.1, 0.15) is 6.42 Å². The van der Waals surface area contributed by atoms with E-state index in [0.29, 0.717) is 0 Å². The average molecular weight is 228 g/mol. The van der Waals surface area contributed by atoms with E-state index in [1.165, 1.54) is 0 Å². The van der Waals surface area contributed by atoms with Crippen LogP contribution in [0.5, 0.6) is 0 Å². The van der Waals surface area contributed by atoms with Gasteiger partial charge in [-0.25, -0.2) is 0 Å². The highest BCUT2D eigenvalue weighted by atomic mass is 16.7. The van der Waals surface area contributed by atoms with Crippen LogP contribution in [-0.2, 0) is 19.1 Å². The van der Waals surface area contributed by atoms with Gasteiger partial charge in [-0.15, -0.1) is 0 Å². The summed E-state index contributed by atoms with van der Waals surface area (Å²) < 4.78 is 10.3. The van der Waals surface area contributed by atoms with E-state index in [0.717, 1.165) is 25.7 Å². The van der Waals surface area contributed by atoms with Crippen molar-refractivity contribution in [3.8, 4) is 0 Å². The Morgan fingerprint density at radius 2 is 1.56 bits per heavy atom. The van der Waals surface area contributed by atoms with Gasteiger partial charge in [0.15, 0.2) is 0 Å². The lowest BCUT2D eigenvalue weighted by Crippen LogP contribution is -2.43. The molecule has 1 fully saturated rings. The Morgan fingerprint density at radius 3 is 1.94 bits per heavy atom. The predicted molar refractivity (Wildman–Crippen MR) is 58.5 cm³/mol. The molecule has 16 heavy (non-hydrogen) atoms. The first-order valence-corrected chi connectivity index (χ1v) is 5.91. The molecule has 1 rings (SSSR count). The standard InChI is InChI=1S/C12H20O4/c1-4-6-12(3,7-5-2)11-15-9(13)8-10(14)16-11/h11H,4-8H2,1-3H3. The predicted octanol–water partition coefficient (Wildman–Crippen LogP) is 2.41. The zero-order chi connectivity index (χ0) is 12.2. The van der Waals surface area contributed by atoms with Crippen LogP contribution in [-0.4, -0.2) is 18.2 Å². The zero-order valence-corrected chi connectivity index (χ0v) is 10.2. The van der Waals surface area contributed by atoms with Crippen LogP contribution < -0.4 is 0 Å². The van der Waals surface area contributed by atoms with Gasteiger partial charge in [-0.3, -0.25) is 9.59 Å². The summed E-state index contributed by atoms with van der Waals surface area (Å²) in [7, 11) is 0. The lowest BCUT2D eigenvalue weighted by Gasteiger charge is -2.37. The van der Waals surface area contributed by atoms with Gasteiger partial charge in [0.25, 0.3) is 6.29 Å². The largest absolute Gasteiger partial charge is 0.424 e. The molecule has 1 aliphatic heterocycles. The molecule has 0 aromatic heterocycles. The molecule has 0 atom stereocenters. The molecule has 1 heterocycles. The van der Waals surface area contributed by atoms with E-state index in [1.54, 1.807) is 0 Å². The van der Waals surface area contributed by atoms with Crippen LogP contribution in [0.25, 0.3) is 0 Å². The summed E-state index contributed by atoms with van der Waals surface area (Å²) in [6, 6.07) is 0. The number of carbonyl (C=O) groups is 2. The number of cyclic esters (lactones) is 2. The third kappa shape index (κ3) is 2.97. The Balaban J connectivity index is 2.76. The number of ether oxygens (including phenoxy) is 2. The van der Waals surface area contributed by atoms with Crippen molar-refractivity contribution in [1.82, 2.24) is 0 Å². The van der Waals surface area contributed by atoms with E-state index in [2.05, 4.69) is 13.8 Å². The quantitative estimate of drug-likeness (QED) is 0.535. The molecule has 1 aliphatic rings. The van der Waals surface area contributed by atoms with E-state index in [9.17, 15) is 9.59 Å². The van der Waals surface area contributed by atoms with Crippen molar-refractivity contribution < 1.29 is 19.1 Å². The Bertz CT molecular complexity index is 250. The maximum Gasteiger partial charge on any atom is 0.320 e. The second kappa shape index (κ2) is 5.32. The van der Waals surface area contributed by atoms with Gasteiger partial charge in [-0.05, 0) is 12.8 Å². The summed E-state index contributed by atoms with van der Waals surface area (Å²) in [5, 5.41) is 0. The zero-order valence-electron chi connectivity index (χ0n) is 10.2. The van der Waals surface area contributed by atoms with E-state index < -0.39 is 18.2 Å². The first-order chi connectivity index (χ1) is 7.51. The third-order valence-electron chi connectivity index (χ3n) is 2.98. The van der Waals surface area contributed by atoms with Crippen LogP contribution in [0.1, 0.15) is 52.9 Å². The molecule has 0 N–H and O–H groups in total. The fraction of sp³-hybridized carbons (Fsp3) is 0.833. The summed E-state index contributed by atoms with van der Waals surface area (Å²) in [5.74, 6) is -0.945. The fourth-order valence-electron chi connectivity index (χ4n) is 2.25. The molecule has 0 amide bonds. The third-order valence-corrected chi connectivity index (χ3v) is 2.98. The van der Waals surface area contributed by atoms with E-state index >= 15 is 0 Å². The first-order valence-electron chi connectivity index (χ1n) is 5.91. The van der Waals surface area contributed by atoms with Crippen molar-refractivity contribution >= 4 is 11.9 Å². The molecule has 0 aromatic rings. The van der Waals surface area contributed by atoms with Crippen molar-refractivity contribution in [1.29, 1.82) is 0 Å². The number of rotatable bonds is 5. The van der Waals surface area contributed by atoms with Crippen molar-refractivity contribution in [2.75, 3.05) is 0 Å². The molecule has 92 valence electrons. The van der Waals surface area contributed by atoms with Crippen molar-refractivity contribution in [3.63, 3.8) is 0 Å². The smallest absolute Gasteiger partial charge is 0.320 e. The molecule has 0 aliphatic carbocycles. The van der Waals surface area contributed by atoms with Crippen LogP contribution in [0.2, 0.25) is 0 Å². The van der Waals surface area contributed by atoms with E-state index in [-0.39, 0.29) is 11.8 Å². The second-order valence-corrected chi connectivity index (χ2v) is 4.64. The summed E-state index contributed by atoms with van der Waals surface area (Å²) in [6.07, 6.45) is 2.74. The highest BCUT2D eigenvalue weighted by Crippen LogP contribution is 2.37. The van der Waals surface area contributed by atoms with Gasteiger partial charge in [0.2, 0.25) is 0 Å². The van der Waals surface area contributed by atoms with Gasteiger partial charge in [-0.2, -0.15) is 0 Å². The van der Waals surface area contributed by atoms with Gasteiger partial charge < -0.3 is 9.47 Å². The van der Waals surface area contributed by atoms with Crippen LogP contribution in [0.15, 0.2) is 0 Å². The number of hydrogen-bond acceptors (Lipinski definition) is 4. The second-order valence-electron chi connectivity index (χ2n) is 4.64. The van der Waals surface area contributed by atoms with Crippen LogP contribution in [0.3, 0.4) is 0 Å². The molecule has 0 spiro atoms. The Kier molecular flexibility index (Phi) is 4.33. The lowest BCUT2D eigenvalue weighted by molar-refractivity contribution is -0.228. The minimum Gasteiger partial charge on any atom is -0.424 e. The van der Waals surface area contributed by atoms with E-state index in [4.69, 9.17) is 9.47 Å². The Morgan fingerprint density at radius 1 is 1.12 bits per heavy atom. The van der Waals surface area contributed by atoms with Crippen LogP contribution >= 0.6 is 0 Å². The topological polar surface area (TPSA) is 52.6 Å². The molecule has 0 saturated carbocycles. The molecule has 0 unspecified atom stereocenters. The molecule has 0 radical (unpaired) electrons. The molecular formula is C12H20O4. The van der Waals surface area contributed by atoms with Gasteiger partial charge in [0.05, 0.1) is 0 Å². The Labute approximate surface area is 96.3 Å². The summed E-state index contributed by atoms with van der Waals surface area (Å²) in [5.41, 5.74) is -0.255. The monoisotopic (exact) mass is 228 g/mol. The highest BCUT2D eigenvalue weighted by Gasteiger charge is 2.41. The normalized spacial score (nSPS) is 18.2. The molecule has 0 aromatic carbocycles. The molecule has 1 saturated heterocycles. The van der Waals surface area contributed by atoms with Gasteiger partial charge in [0, 0.05) is 5.41 Å². The lowest BCUT2D eigenvalue weighted by atomic mass is 9.80. The van der Waals surface area contributed by atoms with Gasteiger partial charge >= 0.3 is 11.9 Å². The molecule has 4 nitrogen and oxygen atoms in total. The minimum absolute atomic E-state index is 0.255. The highest BCUT2D eigenvalue weighted by molar-refractivity contribution is 5.92. The minimum atomic E-state index is -0.707. The molecule has 0 bridgehead atoms. The first kappa shape index (κ1) is 13.0. The number of carbonyl (C=O) groups excluding carboxylic acids is 2. The van der Waals surface area contributed by atoms with Crippen LogP contribution in [0, 0.1) is 5.41 Å². The fourth-order valence-corrected chi connectivity index (χ4v) is 2.25. The summed E-state index contributed by atoms with van der Waals surface area (Å²) in [4.78, 5) is 22.4. The summed E-state index contributed by atoms with van der Waals surface area (Å²) >= 11 is 0. The molecular weight excluding hydrogens is 208 g/mol. The van der Waals surface area contributed by atoms with Crippen molar-refractivity contribution in [2.45, 2.75) is 59.2 Å². The van der Waals surface area contributed by atoms with Gasteiger partial charge in [-0.1, -0.05) is 33.6 Å².